The highest BCUT2D eigenvalue weighted by Gasteiger charge is 2.27. The molecular formula is C13H22N2O3S. The second-order valence-corrected chi connectivity index (χ2v) is 6.79. The van der Waals surface area contributed by atoms with Crippen molar-refractivity contribution in [1.82, 2.24) is 4.72 Å². The van der Waals surface area contributed by atoms with Crippen LogP contribution in [0.4, 0.5) is 5.69 Å². The molecule has 19 heavy (non-hydrogen) atoms. The topological polar surface area (TPSA) is 81.4 Å². The van der Waals surface area contributed by atoms with Crippen LogP contribution in [0.15, 0.2) is 23.1 Å². The van der Waals surface area contributed by atoms with Crippen LogP contribution in [0, 0.1) is 0 Å². The van der Waals surface area contributed by atoms with Gasteiger partial charge in [0.15, 0.2) is 0 Å². The van der Waals surface area contributed by atoms with Crippen LogP contribution >= 0.6 is 0 Å². The average Bonchev–Trinajstić information content (AvgIpc) is 2.27. The lowest BCUT2D eigenvalue weighted by Crippen LogP contribution is -2.46. The Morgan fingerprint density at radius 3 is 2.53 bits per heavy atom. The van der Waals surface area contributed by atoms with Gasteiger partial charge in [-0.3, -0.25) is 0 Å². The molecule has 1 rings (SSSR count). The number of benzene rings is 1. The van der Waals surface area contributed by atoms with Gasteiger partial charge >= 0.3 is 0 Å². The fourth-order valence-corrected chi connectivity index (χ4v) is 3.67. The molecule has 0 spiro atoms. The summed E-state index contributed by atoms with van der Waals surface area (Å²) < 4.78 is 32.5. The Labute approximate surface area is 115 Å². The Kier molecular flexibility index (Phi) is 4.95. The third kappa shape index (κ3) is 4.19. The number of nitrogens with one attached hydrogen (secondary N) is 1. The van der Waals surface area contributed by atoms with E-state index in [0.717, 1.165) is 5.56 Å². The van der Waals surface area contributed by atoms with Gasteiger partial charge in [-0.2, -0.15) is 0 Å². The van der Waals surface area contributed by atoms with Crippen molar-refractivity contribution in [3.05, 3.63) is 23.8 Å². The molecule has 0 amide bonds. The number of rotatable bonds is 6. The van der Waals surface area contributed by atoms with Gasteiger partial charge in [-0.05, 0) is 38.0 Å². The van der Waals surface area contributed by atoms with E-state index in [0.29, 0.717) is 12.1 Å². The van der Waals surface area contributed by atoms with Gasteiger partial charge in [0, 0.05) is 12.8 Å². The lowest BCUT2D eigenvalue weighted by Gasteiger charge is -2.25. The van der Waals surface area contributed by atoms with Gasteiger partial charge < -0.3 is 10.5 Å². The molecule has 0 aliphatic rings. The van der Waals surface area contributed by atoms with E-state index in [2.05, 4.69) is 4.72 Å². The van der Waals surface area contributed by atoms with E-state index in [4.69, 9.17) is 10.5 Å². The normalized spacial score (nSPS) is 12.6. The summed E-state index contributed by atoms with van der Waals surface area (Å²) in [4.78, 5) is 0.235. The second kappa shape index (κ2) is 5.90. The molecule has 0 unspecified atom stereocenters. The summed E-state index contributed by atoms with van der Waals surface area (Å²) in [7, 11) is -2.08. The maximum atomic E-state index is 12.4. The highest BCUT2D eigenvalue weighted by Crippen LogP contribution is 2.21. The molecule has 0 aromatic heterocycles. The summed E-state index contributed by atoms with van der Waals surface area (Å²) >= 11 is 0. The van der Waals surface area contributed by atoms with Gasteiger partial charge in [-0.25, -0.2) is 13.1 Å². The van der Waals surface area contributed by atoms with Crippen molar-refractivity contribution in [2.75, 3.05) is 19.5 Å². The molecule has 1 aromatic carbocycles. The smallest absolute Gasteiger partial charge is 0.241 e. The van der Waals surface area contributed by atoms with E-state index < -0.39 is 15.6 Å². The Balaban J connectivity index is 3.17. The molecule has 0 bridgehead atoms. The van der Waals surface area contributed by atoms with Gasteiger partial charge in [-0.1, -0.05) is 13.0 Å². The summed E-state index contributed by atoms with van der Waals surface area (Å²) in [6, 6.07) is 4.94. The van der Waals surface area contributed by atoms with E-state index in [9.17, 15) is 8.42 Å². The van der Waals surface area contributed by atoms with Crippen LogP contribution in [0.5, 0.6) is 0 Å². The zero-order valence-electron chi connectivity index (χ0n) is 11.9. The molecule has 1 aromatic rings. The van der Waals surface area contributed by atoms with Crippen molar-refractivity contribution < 1.29 is 13.2 Å². The minimum Gasteiger partial charge on any atom is -0.399 e. The third-order valence-electron chi connectivity index (χ3n) is 2.68. The van der Waals surface area contributed by atoms with Crippen molar-refractivity contribution in [3.63, 3.8) is 0 Å². The van der Waals surface area contributed by atoms with Crippen molar-refractivity contribution in [1.29, 1.82) is 0 Å². The minimum absolute atomic E-state index is 0.235. The molecule has 3 N–H and O–H groups in total. The van der Waals surface area contributed by atoms with E-state index in [1.165, 1.54) is 13.2 Å². The van der Waals surface area contributed by atoms with Crippen molar-refractivity contribution >= 4 is 15.7 Å². The lowest BCUT2D eigenvalue weighted by molar-refractivity contribution is 0.141. The van der Waals surface area contributed by atoms with Crippen molar-refractivity contribution in [2.24, 2.45) is 0 Å². The summed E-state index contributed by atoms with van der Waals surface area (Å²) in [6.45, 7) is 5.73. The molecule has 5 nitrogen and oxygen atoms in total. The van der Waals surface area contributed by atoms with Crippen LogP contribution in [0.25, 0.3) is 0 Å². The predicted molar refractivity (Wildman–Crippen MR) is 76.5 cm³/mol. The Bertz CT molecular complexity index is 539. The first kappa shape index (κ1) is 15.9. The largest absolute Gasteiger partial charge is 0.399 e. The molecule has 0 aliphatic heterocycles. The van der Waals surface area contributed by atoms with Crippen LogP contribution in [0.3, 0.4) is 0 Å². The highest BCUT2D eigenvalue weighted by atomic mass is 32.2. The molecule has 0 aliphatic carbocycles. The quantitative estimate of drug-likeness (QED) is 0.777. The molecule has 0 saturated carbocycles. The van der Waals surface area contributed by atoms with Crippen LogP contribution in [0.2, 0.25) is 0 Å². The van der Waals surface area contributed by atoms with Gasteiger partial charge in [0.05, 0.1) is 17.0 Å². The maximum Gasteiger partial charge on any atom is 0.241 e. The number of sulfonamides is 1. The summed E-state index contributed by atoms with van der Waals surface area (Å²) in [5.74, 6) is 0. The summed E-state index contributed by atoms with van der Waals surface area (Å²) in [5.41, 5.74) is 6.18. The Hall–Kier alpha value is -1.11. The summed E-state index contributed by atoms with van der Waals surface area (Å²) in [5, 5.41) is 0. The monoisotopic (exact) mass is 286 g/mol. The molecule has 6 heteroatoms. The fourth-order valence-electron chi connectivity index (χ4n) is 1.92. The number of hydrogen-bond acceptors (Lipinski definition) is 4. The zero-order chi connectivity index (χ0) is 14.7. The van der Waals surface area contributed by atoms with Gasteiger partial charge in [0.25, 0.3) is 0 Å². The molecule has 0 heterocycles. The van der Waals surface area contributed by atoms with Gasteiger partial charge in [0.1, 0.15) is 0 Å². The first-order chi connectivity index (χ1) is 8.72. The predicted octanol–water partition coefficient (Wildman–Crippen LogP) is 1.53. The number of hydrogen-bond donors (Lipinski definition) is 2. The van der Waals surface area contributed by atoms with Crippen LogP contribution in [-0.2, 0) is 21.2 Å². The van der Waals surface area contributed by atoms with Crippen molar-refractivity contribution in [2.45, 2.75) is 37.6 Å². The van der Waals surface area contributed by atoms with Gasteiger partial charge in [-0.15, -0.1) is 0 Å². The lowest BCUT2D eigenvalue weighted by atomic mass is 10.1. The highest BCUT2D eigenvalue weighted by molar-refractivity contribution is 7.89. The Morgan fingerprint density at radius 1 is 1.37 bits per heavy atom. The summed E-state index contributed by atoms with van der Waals surface area (Å²) in [6.07, 6.45) is 0.626. The Morgan fingerprint density at radius 2 is 2.00 bits per heavy atom. The molecule has 0 saturated heterocycles. The average molecular weight is 286 g/mol. The minimum atomic E-state index is -3.62. The number of aryl methyl sites for hydroxylation is 1. The van der Waals surface area contributed by atoms with Crippen LogP contribution in [-0.4, -0.2) is 27.7 Å². The second-order valence-electron chi connectivity index (χ2n) is 5.14. The first-order valence-electron chi connectivity index (χ1n) is 6.13. The standard InChI is InChI=1S/C13H22N2O3S/c1-5-10-6-7-11(14)8-12(10)19(16,17)15-13(2,3)9-18-4/h6-8,15H,5,9,14H2,1-4H3. The first-order valence-corrected chi connectivity index (χ1v) is 7.61. The van der Waals surface area contributed by atoms with E-state index in [-0.39, 0.29) is 11.5 Å². The van der Waals surface area contributed by atoms with Crippen LogP contribution in [0.1, 0.15) is 26.3 Å². The number of nitrogens with two attached hydrogens (primary N) is 1. The van der Waals surface area contributed by atoms with E-state index >= 15 is 0 Å². The molecule has 0 fully saturated rings. The fraction of sp³-hybridized carbons (Fsp3) is 0.538. The molecule has 108 valence electrons. The maximum absolute atomic E-state index is 12.4. The molecule has 0 atom stereocenters. The third-order valence-corrected chi connectivity index (χ3v) is 4.46. The molecule has 0 radical (unpaired) electrons. The molecular weight excluding hydrogens is 264 g/mol. The van der Waals surface area contributed by atoms with E-state index in [1.54, 1.807) is 26.0 Å². The van der Waals surface area contributed by atoms with E-state index in [1.807, 2.05) is 6.92 Å². The zero-order valence-corrected chi connectivity index (χ0v) is 12.7. The van der Waals surface area contributed by atoms with Crippen molar-refractivity contribution in [3.8, 4) is 0 Å². The van der Waals surface area contributed by atoms with Crippen LogP contribution < -0.4 is 10.5 Å². The SMILES string of the molecule is CCc1ccc(N)cc1S(=O)(=O)NC(C)(C)COC. The number of anilines is 1. The van der Waals surface area contributed by atoms with Gasteiger partial charge in [0.2, 0.25) is 10.0 Å². The number of ether oxygens (including phenoxy) is 1. The number of methoxy groups -OCH3 is 1. The number of nitrogen functional groups attached to an aromatic ring is 1.